The van der Waals surface area contributed by atoms with Crippen molar-refractivity contribution in [2.75, 3.05) is 0 Å². The van der Waals surface area contributed by atoms with Gasteiger partial charge >= 0.3 is 6.36 Å². The highest BCUT2D eigenvalue weighted by atomic mass is 79.9. The number of fused-ring (bicyclic) bond motifs is 3. The molecule has 26 heavy (non-hydrogen) atoms. The van der Waals surface area contributed by atoms with E-state index in [2.05, 4.69) is 35.7 Å². The van der Waals surface area contributed by atoms with Crippen molar-refractivity contribution in [1.82, 2.24) is 19.6 Å². The van der Waals surface area contributed by atoms with Crippen molar-refractivity contribution in [3.8, 4) is 17.1 Å². The van der Waals surface area contributed by atoms with Gasteiger partial charge in [-0.2, -0.15) is 4.52 Å². The van der Waals surface area contributed by atoms with E-state index in [1.54, 1.807) is 30.3 Å². The fourth-order valence-electron chi connectivity index (χ4n) is 2.53. The Balaban J connectivity index is 1.96. The van der Waals surface area contributed by atoms with E-state index in [1.165, 1.54) is 16.6 Å². The Morgan fingerprint density at radius 1 is 1.08 bits per heavy atom. The summed E-state index contributed by atoms with van der Waals surface area (Å²) < 4.78 is 44.0. The first-order valence-electron chi connectivity index (χ1n) is 7.18. The Bertz CT molecular complexity index is 1150. The van der Waals surface area contributed by atoms with Gasteiger partial charge in [0, 0.05) is 9.86 Å². The van der Waals surface area contributed by atoms with Crippen LogP contribution in [0, 0.1) is 0 Å². The van der Waals surface area contributed by atoms with E-state index in [0.717, 1.165) is 0 Å². The number of para-hydroxylation sites is 1. The minimum atomic E-state index is -4.85. The Morgan fingerprint density at radius 2 is 1.85 bits per heavy atom. The third kappa shape index (κ3) is 3.08. The van der Waals surface area contributed by atoms with Crippen LogP contribution in [0.2, 0.25) is 5.28 Å². The maximum Gasteiger partial charge on any atom is 0.573 e. The number of ether oxygens (including phenoxy) is 1. The van der Waals surface area contributed by atoms with E-state index in [0.29, 0.717) is 21.0 Å². The molecule has 0 aliphatic heterocycles. The topological polar surface area (TPSA) is 52.3 Å². The molecule has 10 heteroatoms. The summed E-state index contributed by atoms with van der Waals surface area (Å²) in [6.07, 6.45) is -4.85. The highest BCUT2D eigenvalue weighted by Crippen LogP contribution is 2.35. The largest absolute Gasteiger partial charge is 0.573 e. The predicted octanol–water partition coefficient (Wildman–Crippen LogP) is 5.26. The molecule has 0 atom stereocenters. The number of aromatic nitrogens is 4. The summed E-state index contributed by atoms with van der Waals surface area (Å²) in [5.74, 6) is -0.382. The number of benzene rings is 2. The van der Waals surface area contributed by atoms with Gasteiger partial charge in [-0.25, -0.2) is 9.97 Å². The fraction of sp³-hybridized carbons (Fsp3) is 0.0625. The Kier molecular flexibility index (Phi) is 4.00. The van der Waals surface area contributed by atoms with Crippen LogP contribution in [0.4, 0.5) is 13.2 Å². The molecule has 0 radical (unpaired) electrons. The van der Waals surface area contributed by atoms with Crippen LogP contribution >= 0.6 is 27.5 Å². The summed E-state index contributed by atoms with van der Waals surface area (Å²) in [6.45, 7) is 0. The Morgan fingerprint density at radius 3 is 2.62 bits per heavy atom. The third-order valence-corrected chi connectivity index (χ3v) is 4.29. The molecule has 132 valence electrons. The summed E-state index contributed by atoms with van der Waals surface area (Å²) in [6, 6.07) is 11.3. The second kappa shape index (κ2) is 6.10. The number of nitrogens with zero attached hydrogens (tertiary/aromatic N) is 4. The lowest BCUT2D eigenvalue weighted by Gasteiger charge is -2.11. The lowest BCUT2D eigenvalue weighted by molar-refractivity contribution is -0.274. The fourth-order valence-corrected chi connectivity index (χ4v) is 3.08. The van der Waals surface area contributed by atoms with Crippen LogP contribution in [0.1, 0.15) is 0 Å². The van der Waals surface area contributed by atoms with Gasteiger partial charge in [0.1, 0.15) is 5.75 Å². The van der Waals surface area contributed by atoms with E-state index in [9.17, 15) is 13.2 Å². The molecule has 0 amide bonds. The first-order valence-corrected chi connectivity index (χ1v) is 8.35. The number of halogens is 5. The lowest BCUT2D eigenvalue weighted by Crippen LogP contribution is -2.17. The zero-order valence-electron chi connectivity index (χ0n) is 12.6. The van der Waals surface area contributed by atoms with Gasteiger partial charge in [0.2, 0.25) is 5.28 Å². The van der Waals surface area contributed by atoms with Crippen molar-refractivity contribution < 1.29 is 17.9 Å². The van der Waals surface area contributed by atoms with Crippen LogP contribution in [-0.4, -0.2) is 25.9 Å². The van der Waals surface area contributed by atoms with Gasteiger partial charge in [-0.3, -0.25) is 0 Å². The molecule has 4 aromatic rings. The van der Waals surface area contributed by atoms with E-state index < -0.39 is 12.1 Å². The van der Waals surface area contributed by atoms with Crippen molar-refractivity contribution in [2.24, 2.45) is 0 Å². The number of hydrogen-bond donors (Lipinski definition) is 0. The molecule has 0 saturated carbocycles. The van der Waals surface area contributed by atoms with Gasteiger partial charge < -0.3 is 4.74 Å². The zero-order valence-corrected chi connectivity index (χ0v) is 15.0. The van der Waals surface area contributed by atoms with Crippen molar-refractivity contribution >= 4 is 44.1 Å². The Labute approximate surface area is 157 Å². The lowest BCUT2D eigenvalue weighted by atomic mass is 10.2. The molecule has 0 unspecified atom stereocenters. The van der Waals surface area contributed by atoms with Crippen molar-refractivity contribution in [1.29, 1.82) is 0 Å². The molecular weight excluding hydrogens is 437 g/mol. The minimum absolute atomic E-state index is 0.0387. The highest BCUT2D eigenvalue weighted by Gasteiger charge is 2.33. The van der Waals surface area contributed by atoms with E-state index in [1.807, 2.05) is 0 Å². The van der Waals surface area contributed by atoms with Crippen molar-refractivity contribution in [3.63, 3.8) is 0 Å². The molecular formula is C16H7BrClF3N4O. The van der Waals surface area contributed by atoms with Crippen molar-refractivity contribution in [3.05, 3.63) is 52.2 Å². The molecule has 0 saturated heterocycles. The van der Waals surface area contributed by atoms with Crippen molar-refractivity contribution in [2.45, 2.75) is 6.36 Å². The Hall–Kier alpha value is -2.39. The van der Waals surface area contributed by atoms with Crippen LogP contribution in [0.25, 0.3) is 27.9 Å². The predicted molar refractivity (Wildman–Crippen MR) is 93.1 cm³/mol. The van der Waals surface area contributed by atoms with E-state index >= 15 is 0 Å². The summed E-state index contributed by atoms with van der Waals surface area (Å²) in [5, 5.41) is 4.92. The second-order valence-electron chi connectivity index (χ2n) is 5.26. The minimum Gasteiger partial charge on any atom is -0.405 e. The quantitative estimate of drug-likeness (QED) is 0.397. The monoisotopic (exact) mass is 442 g/mol. The van der Waals surface area contributed by atoms with Gasteiger partial charge in [-0.1, -0.05) is 28.1 Å². The molecule has 0 N–H and O–H groups in total. The molecule has 5 nitrogen and oxygen atoms in total. The molecule has 2 heterocycles. The maximum absolute atomic E-state index is 12.7. The summed E-state index contributed by atoms with van der Waals surface area (Å²) in [5.41, 5.74) is 1.07. The third-order valence-electron chi connectivity index (χ3n) is 3.55. The molecule has 2 aromatic heterocycles. The highest BCUT2D eigenvalue weighted by molar-refractivity contribution is 9.10. The van der Waals surface area contributed by atoms with Crippen LogP contribution < -0.4 is 4.74 Å². The zero-order chi connectivity index (χ0) is 18.5. The standard InChI is InChI=1S/C16H7BrClF3N4O/c17-8-5-6-10(12(7-8)26-16(19,20)21)13-23-14-9-3-1-2-4-11(9)22-15(18)25(14)24-13/h1-7H. The molecule has 0 aliphatic carbocycles. The smallest absolute Gasteiger partial charge is 0.405 e. The van der Waals surface area contributed by atoms with Gasteiger partial charge in [-0.15, -0.1) is 18.3 Å². The number of hydrogen-bond acceptors (Lipinski definition) is 4. The molecule has 0 spiro atoms. The van der Waals surface area contributed by atoms with E-state index in [4.69, 9.17) is 11.6 Å². The van der Waals surface area contributed by atoms with Crippen LogP contribution in [0.5, 0.6) is 5.75 Å². The second-order valence-corrected chi connectivity index (χ2v) is 6.51. The normalized spacial score (nSPS) is 12.0. The maximum atomic E-state index is 12.7. The molecule has 4 rings (SSSR count). The van der Waals surface area contributed by atoms with Crippen LogP contribution in [-0.2, 0) is 0 Å². The van der Waals surface area contributed by atoms with E-state index in [-0.39, 0.29) is 16.7 Å². The SMILES string of the molecule is FC(F)(F)Oc1cc(Br)ccc1-c1nc2c3ccccc3nc(Cl)n2n1. The number of rotatable bonds is 2. The molecule has 0 bridgehead atoms. The van der Waals surface area contributed by atoms with Crippen LogP contribution in [0.3, 0.4) is 0 Å². The molecule has 0 aliphatic rings. The first kappa shape index (κ1) is 17.0. The first-order chi connectivity index (χ1) is 12.3. The molecule has 0 fully saturated rings. The van der Waals surface area contributed by atoms with Gasteiger partial charge in [-0.05, 0) is 41.9 Å². The number of alkyl halides is 3. The van der Waals surface area contributed by atoms with Gasteiger partial charge in [0.25, 0.3) is 0 Å². The summed E-state index contributed by atoms with van der Waals surface area (Å²) >= 11 is 9.27. The average Bonchev–Trinajstić information content (AvgIpc) is 2.99. The summed E-state index contributed by atoms with van der Waals surface area (Å²) in [4.78, 5) is 8.57. The summed E-state index contributed by atoms with van der Waals surface area (Å²) in [7, 11) is 0. The van der Waals surface area contributed by atoms with Crippen LogP contribution in [0.15, 0.2) is 46.9 Å². The van der Waals surface area contributed by atoms with Gasteiger partial charge in [0.15, 0.2) is 11.5 Å². The average molecular weight is 444 g/mol. The van der Waals surface area contributed by atoms with Gasteiger partial charge in [0.05, 0.1) is 11.1 Å². The molecule has 2 aromatic carbocycles.